The highest BCUT2D eigenvalue weighted by Gasteiger charge is 2.31. The SMILES string of the molecule is CN(C(=O)CSc1ccc(C(F)(F)F)cc1N)C1CC1. The normalized spacial score (nSPS) is 15.2. The van der Waals surface area contributed by atoms with E-state index in [2.05, 4.69) is 0 Å². The number of benzene rings is 1. The number of halogens is 3. The predicted molar refractivity (Wildman–Crippen MR) is 72.4 cm³/mol. The summed E-state index contributed by atoms with van der Waals surface area (Å²) in [6.45, 7) is 0. The fourth-order valence-corrected chi connectivity index (χ4v) is 2.64. The lowest BCUT2D eigenvalue weighted by molar-refractivity contribution is -0.137. The fraction of sp³-hybridized carbons (Fsp3) is 0.462. The second-order valence-electron chi connectivity index (χ2n) is 4.77. The minimum Gasteiger partial charge on any atom is -0.398 e. The molecule has 0 spiro atoms. The number of nitrogens with two attached hydrogens (primary N) is 1. The molecule has 0 radical (unpaired) electrons. The molecule has 0 bridgehead atoms. The molecule has 1 aromatic carbocycles. The number of carbonyl (C=O) groups is 1. The molecule has 2 rings (SSSR count). The lowest BCUT2D eigenvalue weighted by Gasteiger charge is -2.16. The molecular weight excluding hydrogens is 289 g/mol. The Balaban J connectivity index is 1.97. The van der Waals surface area contributed by atoms with Crippen LogP contribution in [0.15, 0.2) is 23.1 Å². The van der Waals surface area contributed by atoms with Gasteiger partial charge in [-0.25, -0.2) is 0 Å². The molecule has 7 heteroatoms. The van der Waals surface area contributed by atoms with Crippen LogP contribution in [0.5, 0.6) is 0 Å². The molecule has 20 heavy (non-hydrogen) atoms. The monoisotopic (exact) mass is 304 g/mol. The van der Waals surface area contributed by atoms with E-state index in [4.69, 9.17) is 5.73 Å². The van der Waals surface area contributed by atoms with Crippen molar-refractivity contribution in [1.82, 2.24) is 4.90 Å². The Morgan fingerprint density at radius 1 is 1.45 bits per heavy atom. The number of hydrogen-bond donors (Lipinski definition) is 1. The van der Waals surface area contributed by atoms with Gasteiger partial charge in [0.1, 0.15) is 0 Å². The van der Waals surface area contributed by atoms with Gasteiger partial charge in [-0.15, -0.1) is 11.8 Å². The molecule has 0 saturated heterocycles. The largest absolute Gasteiger partial charge is 0.416 e. The number of alkyl halides is 3. The van der Waals surface area contributed by atoms with Crippen molar-refractivity contribution in [2.45, 2.75) is 30.0 Å². The molecule has 0 atom stereocenters. The van der Waals surface area contributed by atoms with Gasteiger partial charge < -0.3 is 10.6 Å². The van der Waals surface area contributed by atoms with Gasteiger partial charge in [0, 0.05) is 23.7 Å². The average Bonchev–Trinajstić information content (AvgIpc) is 3.19. The van der Waals surface area contributed by atoms with Crippen LogP contribution in [-0.2, 0) is 11.0 Å². The highest BCUT2D eigenvalue weighted by Crippen LogP contribution is 2.34. The third kappa shape index (κ3) is 3.59. The van der Waals surface area contributed by atoms with Crippen molar-refractivity contribution in [2.75, 3.05) is 18.5 Å². The van der Waals surface area contributed by atoms with E-state index in [1.807, 2.05) is 0 Å². The van der Waals surface area contributed by atoms with E-state index < -0.39 is 11.7 Å². The van der Waals surface area contributed by atoms with Gasteiger partial charge in [0.15, 0.2) is 0 Å². The van der Waals surface area contributed by atoms with Gasteiger partial charge in [-0.05, 0) is 31.0 Å². The standard InChI is InChI=1S/C13H15F3N2OS/c1-18(9-3-4-9)12(19)7-20-11-5-2-8(6-10(11)17)13(14,15)16/h2,5-6,9H,3-4,7,17H2,1H3. The summed E-state index contributed by atoms with van der Waals surface area (Å²) in [7, 11) is 1.75. The Kier molecular flexibility index (Phi) is 4.17. The quantitative estimate of drug-likeness (QED) is 0.687. The lowest BCUT2D eigenvalue weighted by Crippen LogP contribution is -2.30. The van der Waals surface area contributed by atoms with Gasteiger partial charge in [-0.3, -0.25) is 4.79 Å². The molecule has 110 valence electrons. The van der Waals surface area contributed by atoms with Gasteiger partial charge in [0.2, 0.25) is 5.91 Å². The third-order valence-corrected chi connectivity index (χ3v) is 4.25. The maximum atomic E-state index is 12.5. The van der Waals surface area contributed by atoms with Gasteiger partial charge in [0.05, 0.1) is 11.3 Å². The molecule has 1 aliphatic rings. The molecule has 2 N–H and O–H groups in total. The van der Waals surface area contributed by atoms with Crippen molar-refractivity contribution >= 4 is 23.4 Å². The van der Waals surface area contributed by atoms with Gasteiger partial charge >= 0.3 is 6.18 Å². The topological polar surface area (TPSA) is 46.3 Å². The number of thioether (sulfide) groups is 1. The zero-order valence-corrected chi connectivity index (χ0v) is 11.7. The number of carbonyl (C=O) groups excluding carboxylic acids is 1. The van der Waals surface area contributed by atoms with Crippen LogP contribution in [0, 0.1) is 0 Å². The summed E-state index contributed by atoms with van der Waals surface area (Å²) in [4.78, 5) is 14.0. The Morgan fingerprint density at radius 2 is 2.10 bits per heavy atom. The highest BCUT2D eigenvalue weighted by atomic mass is 32.2. The fourth-order valence-electron chi connectivity index (χ4n) is 1.76. The number of rotatable bonds is 4. The predicted octanol–water partition coefficient (Wildman–Crippen LogP) is 3.00. The highest BCUT2D eigenvalue weighted by molar-refractivity contribution is 8.00. The molecule has 3 nitrogen and oxygen atoms in total. The van der Waals surface area contributed by atoms with Gasteiger partial charge in [-0.2, -0.15) is 13.2 Å². The van der Waals surface area contributed by atoms with E-state index in [1.54, 1.807) is 11.9 Å². The smallest absolute Gasteiger partial charge is 0.398 e. The zero-order chi connectivity index (χ0) is 14.9. The van der Waals surface area contributed by atoms with Crippen LogP contribution in [0.2, 0.25) is 0 Å². The number of nitrogen functional groups attached to an aromatic ring is 1. The summed E-state index contributed by atoms with van der Waals surface area (Å²) < 4.78 is 37.5. The zero-order valence-electron chi connectivity index (χ0n) is 10.9. The third-order valence-electron chi connectivity index (χ3n) is 3.18. The Labute approximate surface area is 119 Å². The van der Waals surface area contributed by atoms with Crippen LogP contribution >= 0.6 is 11.8 Å². The van der Waals surface area contributed by atoms with Crippen molar-refractivity contribution in [3.63, 3.8) is 0 Å². The second kappa shape index (κ2) is 5.55. The molecule has 0 heterocycles. The summed E-state index contributed by atoms with van der Waals surface area (Å²) in [5.41, 5.74) is 4.88. The molecule has 0 aliphatic heterocycles. The molecule has 1 saturated carbocycles. The van der Waals surface area contributed by atoms with E-state index >= 15 is 0 Å². The van der Waals surface area contributed by atoms with E-state index in [-0.39, 0.29) is 17.3 Å². The molecule has 0 aromatic heterocycles. The van der Waals surface area contributed by atoms with Crippen molar-refractivity contribution in [3.05, 3.63) is 23.8 Å². The Morgan fingerprint density at radius 3 is 2.60 bits per heavy atom. The molecule has 1 amide bonds. The lowest BCUT2D eigenvalue weighted by atomic mass is 10.2. The van der Waals surface area contributed by atoms with Crippen molar-refractivity contribution in [2.24, 2.45) is 0 Å². The van der Waals surface area contributed by atoms with Crippen molar-refractivity contribution in [3.8, 4) is 0 Å². The second-order valence-corrected chi connectivity index (χ2v) is 5.79. The van der Waals surface area contributed by atoms with Crippen molar-refractivity contribution < 1.29 is 18.0 Å². The number of nitrogens with zero attached hydrogens (tertiary/aromatic N) is 1. The van der Waals surface area contributed by atoms with E-state index in [9.17, 15) is 18.0 Å². The van der Waals surface area contributed by atoms with Crippen LogP contribution in [0.25, 0.3) is 0 Å². The average molecular weight is 304 g/mol. The van der Waals surface area contributed by atoms with Crippen LogP contribution < -0.4 is 5.73 Å². The molecule has 1 aromatic rings. The minimum atomic E-state index is -4.40. The summed E-state index contributed by atoms with van der Waals surface area (Å²) in [6, 6.07) is 3.52. The molecule has 1 fully saturated rings. The summed E-state index contributed by atoms with van der Waals surface area (Å²) in [5.74, 6) is 0.152. The van der Waals surface area contributed by atoms with E-state index in [0.29, 0.717) is 10.9 Å². The van der Waals surface area contributed by atoms with E-state index in [0.717, 1.165) is 36.7 Å². The first-order valence-electron chi connectivity index (χ1n) is 6.14. The number of hydrogen-bond acceptors (Lipinski definition) is 3. The molecular formula is C13H15F3N2OS. The van der Waals surface area contributed by atoms with Crippen LogP contribution in [0.4, 0.5) is 18.9 Å². The first-order valence-corrected chi connectivity index (χ1v) is 7.13. The Hall–Kier alpha value is -1.37. The maximum Gasteiger partial charge on any atom is 0.416 e. The first-order chi connectivity index (χ1) is 9.29. The minimum absolute atomic E-state index is 0.0307. The van der Waals surface area contributed by atoms with Crippen LogP contribution in [0.1, 0.15) is 18.4 Å². The number of amides is 1. The summed E-state index contributed by atoms with van der Waals surface area (Å²) in [6.07, 6.45) is -2.36. The summed E-state index contributed by atoms with van der Waals surface area (Å²) in [5, 5.41) is 0. The van der Waals surface area contributed by atoms with Crippen LogP contribution in [0.3, 0.4) is 0 Å². The number of anilines is 1. The van der Waals surface area contributed by atoms with Gasteiger partial charge in [0.25, 0.3) is 0 Å². The van der Waals surface area contributed by atoms with Crippen LogP contribution in [-0.4, -0.2) is 29.6 Å². The summed E-state index contributed by atoms with van der Waals surface area (Å²) >= 11 is 1.16. The molecule has 1 aliphatic carbocycles. The maximum absolute atomic E-state index is 12.5. The first kappa shape index (κ1) is 15.0. The van der Waals surface area contributed by atoms with E-state index in [1.165, 1.54) is 6.07 Å². The molecule has 0 unspecified atom stereocenters. The Bertz CT molecular complexity index is 515. The van der Waals surface area contributed by atoms with Gasteiger partial charge in [-0.1, -0.05) is 0 Å². The van der Waals surface area contributed by atoms with Crippen molar-refractivity contribution in [1.29, 1.82) is 0 Å².